The first kappa shape index (κ1) is 13.5. The van der Waals surface area contributed by atoms with E-state index in [0.29, 0.717) is 11.4 Å². The average Bonchev–Trinajstić information content (AvgIpc) is 2.18. The number of aromatic nitrogens is 1. The third-order valence-corrected chi connectivity index (χ3v) is 1.79. The van der Waals surface area contributed by atoms with Gasteiger partial charge in [-0.05, 0) is 5.82 Å². The van der Waals surface area contributed by atoms with E-state index in [-0.39, 0.29) is 26.3 Å². The van der Waals surface area contributed by atoms with Crippen molar-refractivity contribution >= 4 is 27.4 Å². The summed E-state index contributed by atoms with van der Waals surface area (Å²) >= 11 is -0.541. The maximum Gasteiger partial charge on any atom is 0.497 e. The minimum Gasteiger partial charge on any atom is -0.441 e. The number of hydrogen-bond donors (Lipinski definition) is 3. The number of nitrogens with zero attached hydrogens (tertiary/aromatic N) is 2. The Morgan fingerprint density at radius 1 is 1.57 bits per heavy atom. The maximum atomic E-state index is 11.2. The van der Waals surface area contributed by atoms with Crippen LogP contribution in [0.15, 0.2) is 18.3 Å². The number of rotatable bonds is 3. The van der Waals surface area contributed by atoms with E-state index in [0.717, 1.165) is 0 Å². The van der Waals surface area contributed by atoms with Gasteiger partial charge in [0, 0.05) is 26.0 Å². The summed E-state index contributed by atoms with van der Waals surface area (Å²) in [7, 11) is 0. The largest absolute Gasteiger partial charge is 0.497 e. The summed E-state index contributed by atoms with van der Waals surface area (Å²) in [6, 6.07) is 3.14. The number of carbonyl (C=O) groups excluding carboxylic acids is 1. The van der Waals surface area contributed by atoms with Gasteiger partial charge in [0.2, 0.25) is 5.91 Å². The molecule has 0 saturated carbocycles. The van der Waals surface area contributed by atoms with Crippen LogP contribution < -0.4 is 14.9 Å². The van der Waals surface area contributed by atoms with Crippen LogP contribution in [0, 0.1) is 0 Å². The van der Waals surface area contributed by atoms with Gasteiger partial charge in [-0.15, -0.1) is 0 Å². The molecule has 8 heteroatoms. The molecule has 0 aromatic carbocycles. The zero-order chi connectivity index (χ0) is 9.68. The molecule has 1 aromatic heterocycles. The number of amides is 1. The van der Waals surface area contributed by atoms with Crippen LogP contribution in [0.4, 0.5) is 5.82 Å². The van der Waals surface area contributed by atoms with Crippen LogP contribution in [0.5, 0.6) is 0 Å². The van der Waals surface area contributed by atoms with Crippen molar-refractivity contribution < 1.29 is 25.2 Å². The Morgan fingerprint density at radius 3 is 2.71 bits per heavy atom. The molecule has 0 fully saturated rings. The summed E-state index contributed by atoms with van der Waals surface area (Å²) in [5.41, 5.74) is 3.80. The molecule has 1 heterocycles. The van der Waals surface area contributed by atoms with E-state index in [1.54, 1.807) is 12.1 Å². The van der Waals surface area contributed by atoms with Crippen molar-refractivity contribution in [1.82, 2.24) is 9.28 Å². The number of nitrogens with two attached hydrogens (primary N) is 2. The quantitative estimate of drug-likeness (QED) is 0.362. The Labute approximate surface area is 102 Å². The van der Waals surface area contributed by atoms with Crippen LogP contribution in [0.3, 0.4) is 0 Å². The third kappa shape index (κ3) is 3.73. The van der Waals surface area contributed by atoms with Gasteiger partial charge < -0.3 is 25.3 Å². The number of nitrogens with one attached hydrogen (secondary N) is 1. The van der Waals surface area contributed by atoms with Crippen LogP contribution in [-0.4, -0.2) is 26.6 Å². The van der Waals surface area contributed by atoms with E-state index in [4.69, 9.17) is 10.6 Å². The first-order valence-corrected chi connectivity index (χ1v) is 4.73. The summed E-state index contributed by atoms with van der Waals surface area (Å²) in [4.78, 5) is 15.0. The Morgan fingerprint density at radius 2 is 2.29 bits per heavy atom. The van der Waals surface area contributed by atoms with Gasteiger partial charge >= 0.3 is 15.7 Å². The molecule has 0 aliphatic heterocycles. The fourth-order valence-corrected chi connectivity index (χ4v) is 1.07. The van der Waals surface area contributed by atoms with Crippen molar-refractivity contribution in [3.8, 4) is 0 Å². The molecule has 6 nitrogen and oxygen atoms in total. The summed E-state index contributed by atoms with van der Waals surface area (Å²) < 4.78 is 7.73. The zero-order valence-electron chi connectivity index (χ0n) is 7.14. The molecule has 0 unspecified atom stereocenters. The fraction of sp³-hybridized carbons (Fsp3) is 0. The van der Waals surface area contributed by atoms with Crippen LogP contribution in [0.1, 0.15) is 10.4 Å². The Kier molecular flexibility index (Phi) is 6.68. The van der Waals surface area contributed by atoms with E-state index >= 15 is 0 Å². The second kappa shape index (κ2) is 6.91. The van der Waals surface area contributed by atoms with Crippen LogP contribution in [-0.2, 0) is 20.4 Å². The molecule has 0 aliphatic rings. The summed E-state index contributed by atoms with van der Waals surface area (Å²) in [6.45, 7) is 0. The maximum absolute atomic E-state index is 11.2. The van der Waals surface area contributed by atoms with Crippen LogP contribution in [0.25, 0.3) is 5.43 Å². The summed E-state index contributed by atoms with van der Waals surface area (Å²) in [6.07, 6.45) is 1.40. The molecule has 1 aromatic rings. The van der Waals surface area contributed by atoms with Crippen LogP contribution in [0.2, 0.25) is 0 Å². The molecular weight excluding hydrogens is 371 g/mol. The van der Waals surface area contributed by atoms with Crippen molar-refractivity contribution in [2.75, 3.05) is 0 Å². The number of pyridine rings is 1. The third-order valence-electron chi connectivity index (χ3n) is 1.36. The van der Waals surface area contributed by atoms with Gasteiger partial charge in [-0.25, -0.2) is 0 Å². The topological polar surface area (TPSA) is 108 Å². The first-order valence-electron chi connectivity index (χ1n) is 3.49. The van der Waals surface area contributed by atoms with E-state index in [1.165, 1.54) is 6.20 Å². The predicted molar refractivity (Wildman–Crippen MR) is 48.9 cm³/mol. The average molecular weight is 379 g/mol. The second-order valence-electron chi connectivity index (χ2n) is 2.17. The Balaban J connectivity index is 0.00000169. The molecule has 74 valence electrons. The van der Waals surface area contributed by atoms with Crippen molar-refractivity contribution in [2.45, 2.75) is 0 Å². The smallest absolute Gasteiger partial charge is 0.441 e. The van der Waals surface area contributed by atoms with Gasteiger partial charge in [-0.2, -0.15) is 0 Å². The minimum absolute atomic E-state index is 0. The standard InChI is InChI=1S/C6H7N4O.Al.H2N.Re/c7-6(11)4-1-2-5(10-8)9-3-4;;;/h1-3H,8H2,(H2-,7,9,10,11);;1H2;/q-1;+2;-1;/p-1. The van der Waals surface area contributed by atoms with Gasteiger partial charge in [0.1, 0.15) is 0 Å². The van der Waals surface area contributed by atoms with E-state index in [9.17, 15) is 4.79 Å². The Hall–Kier alpha value is -0.465. The normalized spacial score (nSPS) is 8.43. The predicted octanol–water partition coefficient (Wildman–Crippen LogP) is -0.819. The monoisotopic (exact) mass is 380 g/mol. The second-order valence-corrected chi connectivity index (χ2v) is 2.80. The fourth-order valence-electron chi connectivity index (χ4n) is 0.756. The van der Waals surface area contributed by atoms with Gasteiger partial charge in [0.15, 0.2) is 0 Å². The zero-order valence-corrected chi connectivity index (χ0v) is 11.0. The van der Waals surface area contributed by atoms with Gasteiger partial charge in [-0.3, -0.25) is 4.79 Å². The Bertz CT molecular complexity index is 293. The van der Waals surface area contributed by atoms with E-state index in [1.807, 2.05) is 0 Å². The SMILES string of the molecule is N[N-]c1ccc(C(=O)[NH][Al][NH2])cn1.[Re]. The van der Waals surface area contributed by atoms with Crippen molar-refractivity contribution in [1.29, 1.82) is 0 Å². The van der Waals surface area contributed by atoms with E-state index < -0.39 is 15.7 Å². The molecule has 5 N–H and O–H groups in total. The van der Waals surface area contributed by atoms with Gasteiger partial charge in [0.25, 0.3) is 0 Å². The van der Waals surface area contributed by atoms with Crippen LogP contribution >= 0.6 is 0 Å². The molecule has 0 saturated heterocycles. The van der Waals surface area contributed by atoms with Crippen molar-refractivity contribution in [3.05, 3.63) is 29.3 Å². The summed E-state index contributed by atoms with van der Waals surface area (Å²) in [5.74, 6) is 5.14. The first-order chi connectivity index (χ1) is 6.27. The number of carbonyl (C=O) groups is 1. The molecule has 1 rings (SSSR count). The molecule has 0 atom stereocenters. The molecule has 0 aliphatic carbocycles. The van der Waals surface area contributed by atoms with Crippen molar-refractivity contribution in [2.24, 2.45) is 10.6 Å². The molecule has 0 spiro atoms. The van der Waals surface area contributed by atoms with Crippen molar-refractivity contribution in [3.63, 3.8) is 0 Å². The number of hydrogen-bond acceptors (Lipinski definition) is 4. The molecular formula is C6H8AlN5ORe-. The van der Waals surface area contributed by atoms with Gasteiger partial charge in [-0.1, -0.05) is 18.3 Å². The molecule has 0 bridgehead atoms. The van der Waals surface area contributed by atoms with Gasteiger partial charge in [0.05, 0.1) is 0 Å². The molecule has 2 radical (unpaired) electrons. The molecule has 14 heavy (non-hydrogen) atoms. The van der Waals surface area contributed by atoms with E-state index in [2.05, 4.69) is 14.7 Å². The molecule has 1 amide bonds. The minimum atomic E-state index is -0.541. The summed E-state index contributed by atoms with van der Waals surface area (Å²) in [5, 5.41) is 0.